The first-order valence-electron chi connectivity index (χ1n) is 6.45. The lowest BCUT2D eigenvalue weighted by molar-refractivity contribution is 0.0692. The van der Waals surface area contributed by atoms with Crippen LogP contribution in [0, 0.1) is 0 Å². The molecule has 0 aliphatic heterocycles. The molecule has 7 nitrogen and oxygen atoms in total. The number of H-pyrrole nitrogens is 2. The SMILES string of the molecule is O=C(O)c1[nH]cnc1-c1n[nH]c(C2CCCCC2)n1. The summed E-state index contributed by atoms with van der Waals surface area (Å²) in [6, 6.07) is 0. The number of aromatic amines is 2. The first-order valence-corrected chi connectivity index (χ1v) is 6.45. The zero-order valence-corrected chi connectivity index (χ0v) is 10.4. The number of hydrogen-bond acceptors (Lipinski definition) is 4. The van der Waals surface area contributed by atoms with E-state index in [1.807, 2.05) is 0 Å². The number of aromatic nitrogens is 5. The highest BCUT2D eigenvalue weighted by Gasteiger charge is 2.22. The van der Waals surface area contributed by atoms with Crippen LogP contribution in [0.15, 0.2) is 6.33 Å². The molecule has 2 aromatic rings. The van der Waals surface area contributed by atoms with E-state index >= 15 is 0 Å². The van der Waals surface area contributed by atoms with Crippen LogP contribution in [0.2, 0.25) is 0 Å². The van der Waals surface area contributed by atoms with Gasteiger partial charge in [0.1, 0.15) is 11.5 Å². The lowest BCUT2D eigenvalue weighted by Gasteiger charge is -2.18. The van der Waals surface area contributed by atoms with Gasteiger partial charge in [0.05, 0.1) is 6.33 Å². The second kappa shape index (κ2) is 4.83. The van der Waals surface area contributed by atoms with Crippen molar-refractivity contribution >= 4 is 5.97 Å². The van der Waals surface area contributed by atoms with Gasteiger partial charge in [-0.25, -0.2) is 14.8 Å². The predicted molar refractivity (Wildman–Crippen MR) is 66.7 cm³/mol. The van der Waals surface area contributed by atoms with Crippen molar-refractivity contribution in [2.75, 3.05) is 0 Å². The van der Waals surface area contributed by atoms with E-state index in [0.717, 1.165) is 18.7 Å². The summed E-state index contributed by atoms with van der Waals surface area (Å²) in [5.74, 6) is 0.534. The Morgan fingerprint density at radius 1 is 1.32 bits per heavy atom. The van der Waals surface area contributed by atoms with Gasteiger partial charge in [0.2, 0.25) is 5.82 Å². The van der Waals surface area contributed by atoms with Crippen molar-refractivity contribution in [1.29, 1.82) is 0 Å². The summed E-state index contributed by atoms with van der Waals surface area (Å²) in [4.78, 5) is 22.0. The van der Waals surface area contributed by atoms with Gasteiger partial charge < -0.3 is 10.1 Å². The number of imidazole rings is 1. The minimum atomic E-state index is -1.06. The van der Waals surface area contributed by atoms with Crippen molar-refractivity contribution in [1.82, 2.24) is 25.1 Å². The Morgan fingerprint density at radius 3 is 2.84 bits per heavy atom. The molecule has 2 heterocycles. The van der Waals surface area contributed by atoms with Crippen LogP contribution in [-0.4, -0.2) is 36.2 Å². The molecule has 1 saturated carbocycles. The number of rotatable bonds is 3. The summed E-state index contributed by atoms with van der Waals surface area (Å²) in [6.45, 7) is 0. The Labute approximate surface area is 109 Å². The monoisotopic (exact) mass is 261 g/mol. The maximum Gasteiger partial charge on any atom is 0.354 e. The zero-order valence-electron chi connectivity index (χ0n) is 10.4. The quantitative estimate of drug-likeness (QED) is 0.782. The van der Waals surface area contributed by atoms with Gasteiger partial charge in [-0.15, -0.1) is 0 Å². The number of nitrogens with one attached hydrogen (secondary N) is 2. The topological polar surface area (TPSA) is 108 Å². The molecule has 3 rings (SSSR count). The lowest BCUT2D eigenvalue weighted by atomic mass is 9.89. The summed E-state index contributed by atoms with van der Waals surface area (Å²) in [7, 11) is 0. The van der Waals surface area contributed by atoms with E-state index in [-0.39, 0.29) is 11.4 Å². The van der Waals surface area contributed by atoms with Gasteiger partial charge in [-0.1, -0.05) is 19.3 Å². The first-order chi connectivity index (χ1) is 9.25. The van der Waals surface area contributed by atoms with Crippen LogP contribution in [0.1, 0.15) is 54.3 Å². The lowest BCUT2D eigenvalue weighted by Crippen LogP contribution is -2.06. The molecule has 1 aliphatic carbocycles. The average molecular weight is 261 g/mol. The number of nitrogens with zero attached hydrogens (tertiary/aromatic N) is 3. The smallest absolute Gasteiger partial charge is 0.354 e. The summed E-state index contributed by atoms with van der Waals surface area (Å²) < 4.78 is 0. The third-order valence-electron chi connectivity index (χ3n) is 3.56. The van der Waals surface area contributed by atoms with Gasteiger partial charge in [-0.05, 0) is 12.8 Å². The van der Waals surface area contributed by atoms with E-state index in [9.17, 15) is 4.79 Å². The maximum absolute atomic E-state index is 11.0. The van der Waals surface area contributed by atoms with Gasteiger partial charge in [0.15, 0.2) is 5.69 Å². The molecular formula is C12H15N5O2. The van der Waals surface area contributed by atoms with Crippen LogP contribution in [0.5, 0.6) is 0 Å². The van der Waals surface area contributed by atoms with Crippen molar-refractivity contribution in [2.24, 2.45) is 0 Å². The van der Waals surface area contributed by atoms with E-state index in [0.29, 0.717) is 11.7 Å². The van der Waals surface area contributed by atoms with Crippen molar-refractivity contribution in [3.8, 4) is 11.5 Å². The summed E-state index contributed by atoms with van der Waals surface area (Å²) in [6.07, 6.45) is 7.27. The highest BCUT2D eigenvalue weighted by molar-refractivity contribution is 5.91. The Morgan fingerprint density at radius 2 is 2.11 bits per heavy atom. The van der Waals surface area contributed by atoms with Crippen LogP contribution in [0.3, 0.4) is 0 Å². The molecule has 3 N–H and O–H groups in total. The zero-order chi connectivity index (χ0) is 13.2. The number of carboxylic acid groups (broad SMARTS) is 1. The van der Waals surface area contributed by atoms with Gasteiger partial charge in [0.25, 0.3) is 0 Å². The van der Waals surface area contributed by atoms with E-state index in [2.05, 4.69) is 25.1 Å². The predicted octanol–water partition coefficient (Wildman–Crippen LogP) is 1.94. The van der Waals surface area contributed by atoms with Gasteiger partial charge in [-0.3, -0.25) is 5.10 Å². The fourth-order valence-electron chi connectivity index (χ4n) is 2.57. The third kappa shape index (κ3) is 2.23. The Kier molecular flexibility index (Phi) is 3.02. The van der Waals surface area contributed by atoms with Crippen LogP contribution >= 0.6 is 0 Å². The molecule has 7 heteroatoms. The van der Waals surface area contributed by atoms with Crippen molar-refractivity contribution in [3.63, 3.8) is 0 Å². The largest absolute Gasteiger partial charge is 0.477 e. The Hall–Kier alpha value is -2.18. The molecule has 0 radical (unpaired) electrons. The Balaban J connectivity index is 1.88. The van der Waals surface area contributed by atoms with E-state index in [4.69, 9.17) is 5.11 Å². The fourth-order valence-corrected chi connectivity index (χ4v) is 2.57. The highest BCUT2D eigenvalue weighted by atomic mass is 16.4. The second-order valence-electron chi connectivity index (χ2n) is 4.81. The second-order valence-corrected chi connectivity index (χ2v) is 4.81. The standard InChI is InChI=1S/C12H15N5O2/c18-12(19)9-8(13-6-14-9)11-15-10(16-17-11)7-4-2-1-3-5-7/h6-7H,1-5H2,(H,13,14)(H,18,19)(H,15,16,17). The minimum absolute atomic E-state index is 0.0224. The minimum Gasteiger partial charge on any atom is -0.477 e. The fraction of sp³-hybridized carbons (Fsp3) is 0.500. The average Bonchev–Trinajstić information content (AvgIpc) is 3.08. The summed E-state index contributed by atoms with van der Waals surface area (Å²) in [5, 5.41) is 16.1. The molecule has 0 saturated heterocycles. The number of aromatic carboxylic acids is 1. The van der Waals surface area contributed by atoms with Crippen LogP contribution in [0.25, 0.3) is 11.5 Å². The van der Waals surface area contributed by atoms with Crippen LogP contribution < -0.4 is 0 Å². The normalized spacial score (nSPS) is 16.6. The van der Waals surface area contributed by atoms with Gasteiger partial charge in [-0.2, -0.15) is 5.10 Å². The molecular weight excluding hydrogens is 246 g/mol. The molecule has 0 bridgehead atoms. The summed E-state index contributed by atoms with van der Waals surface area (Å²) >= 11 is 0. The number of carboxylic acids is 1. The molecule has 0 atom stereocenters. The molecule has 2 aromatic heterocycles. The number of hydrogen-bond donors (Lipinski definition) is 3. The molecule has 0 aromatic carbocycles. The van der Waals surface area contributed by atoms with Crippen molar-refractivity contribution in [2.45, 2.75) is 38.0 Å². The molecule has 0 spiro atoms. The van der Waals surface area contributed by atoms with Gasteiger partial charge >= 0.3 is 5.97 Å². The van der Waals surface area contributed by atoms with E-state index < -0.39 is 5.97 Å². The van der Waals surface area contributed by atoms with Gasteiger partial charge in [0, 0.05) is 5.92 Å². The highest BCUT2D eigenvalue weighted by Crippen LogP contribution is 2.31. The third-order valence-corrected chi connectivity index (χ3v) is 3.56. The Bertz CT molecular complexity index is 582. The molecule has 19 heavy (non-hydrogen) atoms. The summed E-state index contributed by atoms with van der Waals surface area (Å²) in [5.41, 5.74) is 0.306. The molecule has 1 aliphatic rings. The van der Waals surface area contributed by atoms with E-state index in [1.54, 1.807) is 0 Å². The van der Waals surface area contributed by atoms with Crippen LogP contribution in [0.4, 0.5) is 0 Å². The van der Waals surface area contributed by atoms with Crippen LogP contribution in [-0.2, 0) is 0 Å². The van der Waals surface area contributed by atoms with Crippen molar-refractivity contribution < 1.29 is 9.90 Å². The first kappa shape index (κ1) is 11.9. The van der Waals surface area contributed by atoms with Crippen molar-refractivity contribution in [3.05, 3.63) is 17.8 Å². The maximum atomic E-state index is 11.0. The molecule has 100 valence electrons. The number of carbonyl (C=O) groups is 1. The molecule has 0 unspecified atom stereocenters. The van der Waals surface area contributed by atoms with E-state index in [1.165, 1.54) is 25.6 Å². The molecule has 1 fully saturated rings. The molecule has 0 amide bonds.